The summed E-state index contributed by atoms with van der Waals surface area (Å²) < 4.78 is 0. The molecule has 92 valence electrons. The number of carboxylic acid groups (broad SMARTS) is 1. The lowest BCUT2D eigenvalue weighted by molar-refractivity contribution is -0.138. The Labute approximate surface area is 102 Å². The molecule has 0 radical (unpaired) electrons. The maximum absolute atomic E-state index is 11.0. The molecule has 0 aliphatic carbocycles. The third-order valence-electron chi connectivity index (χ3n) is 3.59. The van der Waals surface area contributed by atoms with Crippen LogP contribution in [0, 0.1) is 0 Å². The highest BCUT2D eigenvalue weighted by molar-refractivity contribution is 5.75. The van der Waals surface area contributed by atoms with E-state index in [2.05, 4.69) is 17.4 Å². The molecule has 1 aromatic carbocycles. The molecule has 17 heavy (non-hydrogen) atoms. The smallest absolute Gasteiger partial charge is 0.310 e. The first-order valence-corrected chi connectivity index (χ1v) is 6.22. The molecule has 1 aliphatic heterocycles. The zero-order valence-corrected chi connectivity index (χ0v) is 10.1. The van der Waals surface area contributed by atoms with Crippen LogP contribution in [0.2, 0.25) is 0 Å². The van der Waals surface area contributed by atoms with E-state index in [1.165, 1.54) is 5.56 Å². The molecule has 3 nitrogen and oxygen atoms in total. The molecule has 3 heteroatoms. The van der Waals surface area contributed by atoms with Crippen molar-refractivity contribution in [2.45, 2.75) is 31.6 Å². The fourth-order valence-electron chi connectivity index (χ4n) is 2.38. The van der Waals surface area contributed by atoms with Crippen LogP contribution in [0.5, 0.6) is 0 Å². The van der Waals surface area contributed by atoms with E-state index < -0.39 is 11.9 Å². The Morgan fingerprint density at radius 2 is 2.12 bits per heavy atom. The van der Waals surface area contributed by atoms with Crippen LogP contribution in [-0.2, 0) is 4.79 Å². The van der Waals surface area contributed by atoms with Crippen molar-refractivity contribution in [3.8, 4) is 0 Å². The third-order valence-corrected chi connectivity index (χ3v) is 3.59. The van der Waals surface area contributed by atoms with Gasteiger partial charge in [0.15, 0.2) is 0 Å². The minimum atomic E-state index is -0.757. The first kappa shape index (κ1) is 12.1. The Morgan fingerprint density at radius 3 is 2.76 bits per heavy atom. The molecule has 1 unspecified atom stereocenters. The standard InChI is InChI=1S/C14H19NO2/c1-10(14(16)17)12-3-2-4-13(9-12)11-5-7-15-8-6-11/h2-4,9-11,15H,5-8H2,1H3,(H,16,17). The zero-order valence-electron chi connectivity index (χ0n) is 10.1. The Morgan fingerprint density at radius 1 is 1.41 bits per heavy atom. The van der Waals surface area contributed by atoms with Crippen LogP contribution in [-0.4, -0.2) is 24.2 Å². The summed E-state index contributed by atoms with van der Waals surface area (Å²) in [6, 6.07) is 8.07. The minimum absolute atomic E-state index is 0.420. The second kappa shape index (κ2) is 5.32. The lowest BCUT2D eigenvalue weighted by Gasteiger charge is -2.23. The van der Waals surface area contributed by atoms with Crippen molar-refractivity contribution in [2.75, 3.05) is 13.1 Å². The van der Waals surface area contributed by atoms with Gasteiger partial charge in [-0.3, -0.25) is 4.79 Å². The van der Waals surface area contributed by atoms with Crippen molar-refractivity contribution in [1.82, 2.24) is 5.32 Å². The van der Waals surface area contributed by atoms with Gasteiger partial charge in [-0.25, -0.2) is 0 Å². The van der Waals surface area contributed by atoms with Gasteiger partial charge in [0, 0.05) is 0 Å². The highest BCUT2D eigenvalue weighted by atomic mass is 16.4. The predicted molar refractivity (Wildman–Crippen MR) is 67.3 cm³/mol. The first-order valence-electron chi connectivity index (χ1n) is 6.22. The molecule has 1 saturated heterocycles. The number of carbonyl (C=O) groups is 1. The van der Waals surface area contributed by atoms with Gasteiger partial charge in [0.05, 0.1) is 5.92 Å². The monoisotopic (exact) mass is 233 g/mol. The van der Waals surface area contributed by atoms with Gasteiger partial charge in [-0.05, 0) is 49.9 Å². The molecule has 1 fully saturated rings. The summed E-state index contributed by atoms with van der Waals surface area (Å²) in [5.41, 5.74) is 2.20. The van der Waals surface area contributed by atoms with Gasteiger partial charge in [-0.2, -0.15) is 0 Å². The molecule has 0 spiro atoms. The second-order valence-corrected chi connectivity index (χ2v) is 4.75. The molecule has 0 amide bonds. The molecule has 1 aromatic rings. The molecule has 1 aliphatic rings. The lowest BCUT2D eigenvalue weighted by atomic mass is 9.88. The van der Waals surface area contributed by atoms with E-state index in [0.717, 1.165) is 31.5 Å². The maximum atomic E-state index is 11.0. The number of piperidine rings is 1. The number of aliphatic carboxylic acids is 1. The normalized spacial score (nSPS) is 18.9. The van der Waals surface area contributed by atoms with Crippen LogP contribution in [0.4, 0.5) is 0 Å². The van der Waals surface area contributed by atoms with Gasteiger partial charge in [0.25, 0.3) is 0 Å². The zero-order chi connectivity index (χ0) is 12.3. The molecule has 0 aromatic heterocycles. The molecule has 1 atom stereocenters. The third kappa shape index (κ3) is 2.86. The van der Waals surface area contributed by atoms with Crippen molar-refractivity contribution in [1.29, 1.82) is 0 Å². The number of benzene rings is 1. The number of carboxylic acids is 1. The maximum Gasteiger partial charge on any atom is 0.310 e. The SMILES string of the molecule is CC(C(=O)O)c1cccc(C2CCNCC2)c1. The van der Waals surface area contributed by atoms with Crippen molar-refractivity contribution in [3.63, 3.8) is 0 Å². The number of nitrogens with one attached hydrogen (secondary N) is 1. The highest BCUT2D eigenvalue weighted by Gasteiger charge is 2.18. The average molecular weight is 233 g/mol. The predicted octanol–water partition coefficient (Wildman–Crippen LogP) is 2.34. The number of hydrogen-bond acceptors (Lipinski definition) is 2. The van der Waals surface area contributed by atoms with Gasteiger partial charge in [-0.15, -0.1) is 0 Å². The van der Waals surface area contributed by atoms with Crippen molar-refractivity contribution in [3.05, 3.63) is 35.4 Å². The summed E-state index contributed by atoms with van der Waals surface area (Å²) in [4.78, 5) is 11.0. The van der Waals surface area contributed by atoms with E-state index in [9.17, 15) is 4.79 Å². The summed E-state index contributed by atoms with van der Waals surface area (Å²) in [6.07, 6.45) is 2.29. The van der Waals surface area contributed by atoms with Gasteiger partial charge in [0.1, 0.15) is 0 Å². The summed E-state index contributed by atoms with van der Waals surface area (Å²) in [6.45, 7) is 3.86. The highest BCUT2D eigenvalue weighted by Crippen LogP contribution is 2.27. The Balaban J connectivity index is 2.18. The van der Waals surface area contributed by atoms with Gasteiger partial charge in [0.2, 0.25) is 0 Å². The van der Waals surface area contributed by atoms with E-state index in [0.29, 0.717) is 5.92 Å². The molecular formula is C14H19NO2. The van der Waals surface area contributed by atoms with Gasteiger partial charge < -0.3 is 10.4 Å². The number of rotatable bonds is 3. The topological polar surface area (TPSA) is 49.3 Å². The Kier molecular flexibility index (Phi) is 3.79. The molecule has 2 N–H and O–H groups in total. The average Bonchev–Trinajstić information content (AvgIpc) is 2.39. The van der Waals surface area contributed by atoms with Crippen molar-refractivity contribution in [2.24, 2.45) is 0 Å². The van der Waals surface area contributed by atoms with Crippen LogP contribution in [0.1, 0.15) is 42.7 Å². The Bertz CT molecular complexity index is 397. The van der Waals surface area contributed by atoms with Crippen LogP contribution in [0.25, 0.3) is 0 Å². The fourth-order valence-corrected chi connectivity index (χ4v) is 2.38. The van der Waals surface area contributed by atoms with E-state index in [1.54, 1.807) is 6.92 Å². The molecular weight excluding hydrogens is 214 g/mol. The summed E-state index contributed by atoms with van der Waals surface area (Å²) >= 11 is 0. The fraction of sp³-hybridized carbons (Fsp3) is 0.500. The summed E-state index contributed by atoms with van der Waals surface area (Å²) in [5, 5.41) is 12.4. The van der Waals surface area contributed by atoms with Crippen LogP contribution in [0.3, 0.4) is 0 Å². The quantitative estimate of drug-likeness (QED) is 0.842. The lowest BCUT2D eigenvalue weighted by Crippen LogP contribution is -2.26. The van der Waals surface area contributed by atoms with Gasteiger partial charge in [-0.1, -0.05) is 24.3 Å². The Hall–Kier alpha value is -1.35. The summed E-state index contributed by atoms with van der Waals surface area (Å²) in [5.74, 6) is -0.596. The summed E-state index contributed by atoms with van der Waals surface area (Å²) in [7, 11) is 0. The van der Waals surface area contributed by atoms with Gasteiger partial charge >= 0.3 is 5.97 Å². The van der Waals surface area contributed by atoms with E-state index in [1.807, 2.05) is 12.1 Å². The van der Waals surface area contributed by atoms with Crippen LogP contribution < -0.4 is 5.32 Å². The molecule has 1 heterocycles. The van der Waals surface area contributed by atoms with E-state index >= 15 is 0 Å². The van der Waals surface area contributed by atoms with Crippen molar-refractivity contribution >= 4 is 5.97 Å². The second-order valence-electron chi connectivity index (χ2n) is 4.75. The van der Waals surface area contributed by atoms with E-state index in [-0.39, 0.29) is 0 Å². The van der Waals surface area contributed by atoms with Crippen LogP contribution >= 0.6 is 0 Å². The molecule has 2 rings (SSSR count). The minimum Gasteiger partial charge on any atom is -0.481 e. The van der Waals surface area contributed by atoms with Crippen LogP contribution in [0.15, 0.2) is 24.3 Å². The number of hydrogen-bond donors (Lipinski definition) is 2. The largest absolute Gasteiger partial charge is 0.481 e. The van der Waals surface area contributed by atoms with Crippen molar-refractivity contribution < 1.29 is 9.90 Å². The first-order chi connectivity index (χ1) is 8.18. The molecule has 0 bridgehead atoms. The molecule has 0 saturated carbocycles. The van der Waals surface area contributed by atoms with E-state index in [4.69, 9.17) is 5.11 Å².